The Bertz CT molecular complexity index is 512. The van der Waals surface area contributed by atoms with Crippen LogP contribution in [0.4, 0.5) is 0 Å². The molecule has 5 heteroatoms. The molecule has 0 spiro atoms. The molecule has 0 saturated carbocycles. The Balaban J connectivity index is 2.94. The quantitative estimate of drug-likeness (QED) is 0.889. The third-order valence-electron chi connectivity index (χ3n) is 2.63. The monoisotopic (exact) mass is 252 g/mol. The number of benzene rings is 1. The molecule has 0 radical (unpaired) electrons. The standard InChI is InChI=1S/C12H16N2O2S/c1-9(2)10(3)14-17(15,16)12-6-4-11(8-13)5-7-12/h4-7,9-10,14H,1-3H3/t10-/m0/s1. The van der Waals surface area contributed by atoms with Crippen molar-refractivity contribution in [1.29, 1.82) is 5.26 Å². The van der Waals surface area contributed by atoms with E-state index in [0.29, 0.717) is 5.56 Å². The molecule has 92 valence electrons. The Morgan fingerprint density at radius 2 is 1.71 bits per heavy atom. The van der Waals surface area contributed by atoms with Gasteiger partial charge in [-0.15, -0.1) is 0 Å². The molecule has 0 unspecified atom stereocenters. The average Bonchev–Trinajstić information content (AvgIpc) is 2.28. The maximum Gasteiger partial charge on any atom is 0.240 e. The highest BCUT2D eigenvalue weighted by molar-refractivity contribution is 7.89. The Labute approximate surface area is 102 Å². The number of nitrogens with one attached hydrogen (secondary N) is 1. The SMILES string of the molecule is CC(C)[C@H](C)NS(=O)(=O)c1ccc(C#N)cc1. The Morgan fingerprint density at radius 1 is 1.18 bits per heavy atom. The molecule has 0 fully saturated rings. The van der Waals surface area contributed by atoms with Gasteiger partial charge in [-0.05, 0) is 37.1 Å². The van der Waals surface area contributed by atoms with E-state index < -0.39 is 10.0 Å². The predicted molar refractivity (Wildman–Crippen MR) is 65.8 cm³/mol. The predicted octanol–water partition coefficient (Wildman–Crippen LogP) is 1.88. The second-order valence-corrected chi connectivity index (χ2v) is 6.00. The first-order valence-corrected chi connectivity index (χ1v) is 6.87. The van der Waals surface area contributed by atoms with Gasteiger partial charge in [-0.1, -0.05) is 13.8 Å². The van der Waals surface area contributed by atoms with Gasteiger partial charge in [0.05, 0.1) is 16.5 Å². The Kier molecular flexibility index (Phi) is 4.27. The van der Waals surface area contributed by atoms with E-state index in [0.717, 1.165) is 0 Å². The lowest BCUT2D eigenvalue weighted by Gasteiger charge is -2.17. The Hall–Kier alpha value is -1.38. The Morgan fingerprint density at radius 3 is 2.12 bits per heavy atom. The highest BCUT2D eigenvalue weighted by Crippen LogP contribution is 2.12. The van der Waals surface area contributed by atoms with Gasteiger partial charge in [-0.25, -0.2) is 13.1 Å². The van der Waals surface area contributed by atoms with Crippen molar-refractivity contribution in [3.63, 3.8) is 0 Å². The molecule has 0 aliphatic carbocycles. The first kappa shape index (κ1) is 13.7. The van der Waals surface area contributed by atoms with Crippen LogP contribution in [0, 0.1) is 17.2 Å². The summed E-state index contributed by atoms with van der Waals surface area (Å²) in [5.41, 5.74) is 0.445. The molecule has 0 saturated heterocycles. The molecular formula is C12H16N2O2S. The molecule has 1 atom stereocenters. The van der Waals surface area contributed by atoms with E-state index in [4.69, 9.17) is 5.26 Å². The normalized spacial score (nSPS) is 13.4. The van der Waals surface area contributed by atoms with Crippen LogP contribution in [0.1, 0.15) is 26.3 Å². The minimum Gasteiger partial charge on any atom is -0.208 e. The molecule has 0 bridgehead atoms. The zero-order valence-corrected chi connectivity index (χ0v) is 11.0. The van der Waals surface area contributed by atoms with Gasteiger partial charge in [0.1, 0.15) is 0 Å². The number of hydrogen-bond acceptors (Lipinski definition) is 3. The van der Waals surface area contributed by atoms with Crippen molar-refractivity contribution >= 4 is 10.0 Å². The molecule has 4 nitrogen and oxygen atoms in total. The van der Waals surface area contributed by atoms with E-state index >= 15 is 0 Å². The van der Waals surface area contributed by atoms with E-state index in [2.05, 4.69) is 4.72 Å². The van der Waals surface area contributed by atoms with Crippen LogP contribution in [-0.4, -0.2) is 14.5 Å². The summed E-state index contributed by atoms with van der Waals surface area (Å²) in [6.45, 7) is 5.73. The van der Waals surface area contributed by atoms with Crippen LogP contribution in [0.5, 0.6) is 0 Å². The molecule has 0 aliphatic heterocycles. The zero-order valence-electron chi connectivity index (χ0n) is 10.1. The molecular weight excluding hydrogens is 236 g/mol. The van der Waals surface area contributed by atoms with Gasteiger partial charge in [0.15, 0.2) is 0 Å². The van der Waals surface area contributed by atoms with Gasteiger partial charge in [-0.2, -0.15) is 5.26 Å². The fourth-order valence-electron chi connectivity index (χ4n) is 1.16. The number of nitriles is 1. The first-order chi connectivity index (χ1) is 7.86. The fraction of sp³-hybridized carbons (Fsp3) is 0.417. The van der Waals surface area contributed by atoms with Crippen molar-refractivity contribution in [2.24, 2.45) is 5.92 Å². The summed E-state index contributed by atoms with van der Waals surface area (Å²) in [6, 6.07) is 7.69. The average molecular weight is 252 g/mol. The van der Waals surface area contributed by atoms with Crippen molar-refractivity contribution in [1.82, 2.24) is 4.72 Å². The number of nitrogens with zero attached hydrogens (tertiary/aromatic N) is 1. The van der Waals surface area contributed by atoms with Gasteiger partial charge in [-0.3, -0.25) is 0 Å². The van der Waals surface area contributed by atoms with Crippen molar-refractivity contribution in [3.05, 3.63) is 29.8 Å². The highest BCUT2D eigenvalue weighted by atomic mass is 32.2. The number of rotatable bonds is 4. The maximum atomic E-state index is 12.0. The molecule has 0 amide bonds. The minimum absolute atomic E-state index is 0.129. The largest absolute Gasteiger partial charge is 0.240 e. The van der Waals surface area contributed by atoms with Crippen LogP contribution in [-0.2, 0) is 10.0 Å². The highest BCUT2D eigenvalue weighted by Gasteiger charge is 2.18. The molecule has 17 heavy (non-hydrogen) atoms. The van der Waals surface area contributed by atoms with Gasteiger partial charge in [0.2, 0.25) is 10.0 Å². The van der Waals surface area contributed by atoms with Gasteiger partial charge in [0.25, 0.3) is 0 Å². The van der Waals surface area contributed by atoms with E-state index in [1.54, 1.807) is 0 Å². The van der Waals surface area contributed by atoms with Gasteiger partial charge in [0, 0.05) is 6.04 Å². The number of sulfonamides is 1. The van der Waals surface area contributed by atoms with Gasteiger partial charge < -0.3 is 0 Å². The van der Waals surface area contributed by atoms with Crippen molar-refractivity contribution in [2.75, 3.05) is 0 Å². The summed E-state index contributed by atoms with van der Waals surface area (Å²) in [7, 11) is -3.49. The second-order valence-electron chi connectivity index (χ2n) is 4.29. The van der Waals surface area contributed by atoms with Crippen LogP contribution >= 0.6 is 0 Å². The van der Waals surface area contributed by atoms with Crippen LogP contribution < -0.4 is 4.72 Å². The summed E-state index contributed by atoms with van der Waals surface area (Å²) >= 11 is 0. The van der Waals surface area contributed by atoms with E-state index in [9.17, 15) is 8.42 Å². The van der Waals surface area contributed by atoms with Crippen molar-refractivity contribution < 1.29 is 8.42 Å². The maximum absolute atomic E-state index is 12.0. The third-order valence-corrected chi connectivity index (χ3v) is 4.21. The molecule has 0 aliphatic rings. The van der Waals surface area contributed by atoms with E-state index in [1.807, 2.05) is 26.8 Å². The molecule has 1 N–H and O–H groups in total. The first-order valence-electron chi connectivity index (χ1n) is 5.39. The fourth-order valence-corrected chi connectivity index (χ4v) is 2.55. The lowest BCUT2D eigenvalue weighted by Crippen LogP contribution is -2.36. The summed E-state index contributed by atoms with van der Waals surface area (Å²) < 4.78 is 26.5. The topological polar surface area (TPSA) is 70.0 Å². The smallest absolute Gasteiger partial charge is 0.208 e. The summed E-state index contributed by atoms with van der Waals surface area (Å²) in [4.78, 5) is 0.184. The molecule has 0 heterocycles. The molecule has 0 aromatic heterocycles. The van der Waals surface area contributed by atoms with E-state index in [-0.39, 0.29) is 16.9 Å². The van der Waals surface area contributed by atoms with Crippen molar-refractivity contribution in [3.8, 4) is 6.07 Å². The summed E-state index contributed by atoms with van der Waals surface area (Å²) in [6.07, 6.45) is 0. The molecule has 1 rings (SSSR count). The number of hydrogen-bond donors (Lipinski definition) is 1. The van der Waals surface area contributed by atoms with Crippen molar-refractivity contribution in [2.45, 2.75) is 31.7 Å². The minimum atomic E-state index is -3.49. The van der Waals surface area contributed by atoms with E-state index in [1.165, 1.54) is 24.3 Å². The lowest BCUT2D eigenvalue weighted by atomic mass is 10.1. The van der Waals surface area contributed by atoms with Crippen LogP contribution in [0.15, 0.2) is 29.2 Å². The third kappa shape index (κ3) is 3.55. The molecule has 1 aromatic carbocycles. The summed E-state index contributed by atoms with van der Waals surface area (Å²) in [5.74, 6) is 0.225. The second kappa shape index (κ2) is 5.30. The van der Waals surface area contributed by atoms with Crippen LogP contribution in [0.2, 0.25) is 0 Å². The molecule has 1 aromatic rings. The lowest BCUT2D eigenvalue weighted by molar-refractivity contribution is 0.476. The summed E-state index contributed by atoms with van der Waals surface area (Å²) in [5, 5.41) is 8.63. The zero-order chi connectivity index (χ0) is 13.1. The van der Waals surface area contributed by atoms with Crippen LogP contribution in [0.3, 0.4) is 0 Å². The van der Waals surface area contributed by atoms with Gasteiger partial charge >= 0.3 is 0 Å². The van der Waals surface area contributed by atoms with Crippen LogP contribution in [0.25, 0.3) is 0 Å².